The Labute approximate surface area is 192 Å². The second-order valence-corrected chi connectivity index (χ2v) is 11.2. The van der Waals surface area contributed by atoms with Crippen LogP contribution in [0.3, 0.4) is 0 Å². The van der Waals surface area contributed by atoms with Crippen LogP contribution >= 0.6 is 11.9 Å². The molecule has 32 heavy (non-hydrogen) atoms. The van der Waals surface area contributed by atoms with Crippen LogP contribution in [-0.2, 0) is 4.74 Å². The van der Waals surface area contributed by atoms with Crippen molar-refractivity contribution >= 4 is 23.5 Å². The third kappa shape index (κ3) is 5.94. The van der Waals surface area contributed by atoms with Gasteiger partial charge in [-0.2, -0.15) is 18.2 Å². The lowest BCUT2D eigenvalue weighted by atomic mass is 10.1. The summed E-state index contributed by atoms with van der Waals surface area (Å²) in [6.07, 6.45) is -2.16. The van der Waals surface area contributed by atoms with Crippen LogP contribution < -0.4 is 14.5 Å². The van der Waals surface area contributed by atoms with Gasteiger partial charge in [0.25, 0.3) is 0 Å². The predicted molar refractivity (Wildman–Crippen MR) is 122 cm³/mol. The molecule has 1 saturated carbocycles. The van der Waals surface area contributed by atoms with Gasteiger partial charge in [-0.15, -0.1) is 0 Å². The number of aromatic nitrogens is 1. The monoisotopic (exact) mass is 474 g/mol. The number of ether oxygens (including phenoxy) is 2. The first-order valence-corrected chi connectivity index (χ1v) is 12.1. The minimum absolute atomic E-state index is 0.0556. The molecule has 0 aromatic carbocycles. The van der Waals surface area contributed by atoms with Crippen molar-refractivity contribution in [2.45, 2.75) is 69.6 Å². The summed E-state index contributed by atoms with van der Waals surface area (Å²) in [7, 11) is 0. The molecule has 2 atom stereocenters. The summed E-state index contributed by atoms with van der Waals surface area (Å²) >= 11 is 1.58. The van der Waals surface area contributed by atoms with E-state index in [2.05, 4.69) is 16.8 Å². The first-order valence-electron chi connectivity index (χ1n) is 11.3. The van der Waals surface area contributed by atoms with Crippen molar-refractivity contribution in [2.75, 3.05) is 49.2 Å². The van der Waals surface area contributed by atoms with Crippen LogP contribution in [0.5, 0.6) is 5.88 Å². The van der Waals surface area contributed by atoms with Crippen LogP contribution in [0.4, 0.5) is 24.7 Å². The minimum Gasteiger partial charge on any atom is -0.472 e. The number of hydrogen-bond acceptors (Lipinski definition) is 7. The molecule has 2 aliphatic heterocycles. The summed E-state index contributed by atoms with van der Waals surface area (Å²) in [6.45, 7) is 10.4. The number of nitrogens with zero attached hydrogens (tertiary/aromatic N) is 4. The molecule has 4 rings (SSSR count). The van der Waals surface area contributed by atoms with E-state index in [-0.39, 0.29) is 19.1 Å². The Hall–Kier alpha value is -1.39. The molecule has 1 unspecified atom stereocenters. The highest BCUT2D eigenvalue weighted by atomic mass is 32.2. The van der Waals surface area contributed by atoms with Crippen molar-refractivity contribution in [1.29, 1.82) is 0 Å². The second-order valence-electron chi connectivity index (χ2n) is 9.80. The Kier molecular flexibility index (Phi) is 6.76. The van der Waals surface area contributed by atoms with Gasteiger partial charge in [0.15, 0.2) is 0 Å². The summed E-state index contributed by atoms with van der Waals surface area (Å²) < 4.78 is 55.8. The molecule has 3 heterocycles. The average Bonchev–Trinajstić information content (AvgIpc) is 3.50. The van der Waals surface area contributed by atoms with Gasteiger partial charge in [-0.05, 0) is 40.5 Å². The molecular formula is C22H33F3N4O2S. The summed E-state index contributed by atoms with van der Waals surface area (Å²) in [5.41, 5.74) is 0.309. The normalized spacial score (nSPS) is 25.8. The number of alkyl halides is 3. The van der Waals surface area contributed by atoms with E-state index in [1.165, 1.54) is 4.90 Å². The Morgan fingerprint density at radius 1 is 1.09 bits per heavy atom. The van der Waals surface area contributed by atoms with Crippen LogP contribution in [-0.4, -0.2) is 77.8 Å². The van der Waals surface area contributed by atoms with Crippen molar-refractivity contribution in [2.24, 2.45) is 0 Å². The number of hydrogen-bond donors (Lipinski definition) is 0. The van der Waals surface area contributed by atoms with E-state index in [1.807, 2.05) is 31.1 Å². The van der Waals surface area contributed by atoms with E-state index in [0.29, 0.717) is 43.3 Å². The Morgan fingerprint density at radius 3 is 2.47 bits per heavy atom. The lowest BCUT2D eigenvalue weighted by Crippen LogP contribution is -2.58. The average molecular weight is 475 g/mol. The molecule has 2 saturated heterocycles. The van der Waals surface area contributed by atoms with E-state index < -0.39 is 17.8 Å². The number of pyridine rings is 1. The van der Waals surface area contributed by atoms with Crippen LogP contribution in [0.2, 0.25) is 0 Å². The number of halogens is 3. The zero-order valence-electron chi connectivity index (χ0n) is 19.2. The van der Waals surface area contributed by atoms with Crippen molar-refractivity contribution < 1.29 is 22.6 Å². The molecule has 180 valence electrons. The van der Waals surface area contributed by atoms with Crippen LogP contribution in [0, 0.1) is 0 Å². The van der Waals surface area contributed by atoms with Gasteiger partial charge < -0.3 is 19.3 Å². The van der Waals surface area contributed by atoms with E-state index in [4.69, 9.17) is 9.47 Å². The fourth-order valence-corrected chi connectivity index (χ4v) is 5.24. The fraction of sp³-hybridized carbons (Fsp3) is 0.773. The van der Waals surface area contributed by atoms with Crippen molar-refractivity contribution in [1.82, 2.24) is 9.29 Å². The maximum atomic E-state index is 14.1. The zero-order chi connectivity index (χ0) is 23.1. The molecule has 0 radical (unpaired) electrons. The summed E-state index contributed by atoms with van der Waals surface area (Å²) in [6, 6.07) is 2.12. The highest BCUT2D eigenvalue weighted by molar-refractivity contribution is 7.97. The largest absolute Gasteiger partial charge is 0.472 e. The summed E-state index contributed by atoms with van der Waals surface area (Å²) in [5.74, 6) is 0.665. The molecule has 0 amide bonds. The summed E-state index contributed by atoms with van der Waals surface area (Å²) in [4.78, 5) is 8.11. The highest BCUT2D eigenvalue weighted by Crippen LogP contribution is 2.40. The smallest absolute Gasteiger partial charge is 0.410 e. The van der Waals surface area contributed by atoms with Gasteiger partial charge in [-0.3, -0.25) is 0 Å². The van der Waals surface area contributed by atoms with E-state index >= 15 is 0 Å². The maximum absolute atomic E-state index is 14.1. The molecule has 0 bridgehead atoms. The van der Waals surface area contributed by atoms with E-state index in [9.17, 15) is 13.2 Å². The van der Waals surface area contributed by atoms with E-state index in [0.717, 1.165) is 18.5 Å². The van der Waals surface area contributed by atoms with Gasteiger partial charge in [0.1, 0.15) is 17.5 Å². The molecule has 0 N–H and O–H groups in total. The number of anilines is 2. The quantitative estimate of drug-likeness (QED) is 0.588. The van der Waals surface area contributed by atoms with Crippen molar-refractivity contribution in [3.8, 4) is 5.88 Å². The summed E-state index contributed by atoms with van der Waals surface area (Å²) in [5, 5.41) is 0.478. The molecule has 6 nitrogen and oxygen atoms in total. The van der Waals surface area contributed by atoms with Gasteiger partial charge in [-0.1, -0.05) is 11.9 Å². The maximum Gasteiger partial charge on any atom is 0.410 e. The van der Waals surface area contributed by atoms with Crippen molar-refractivity contribution in [3.05, 3.63) is 12.1 Å². The van der Waals surface area contributed by atoms with Gasteiger partial charge in [-0.25, -0.2) is 4.31 Å². The molecule has 1 aromatic rings. The molecule has 3 fully saturated rings. The molecule has 10 heteroatoms. The van der Waals surface area contributed by atoms with Gasteiger partial charge in [0, 0.05) is 55.3 Å². The molecule has 3 aliphatic rings. The lowest BCUT2D eigenvalue weighted by Gasteiger charge is -2.43. The Balaban J connectivity index is 1.66. The standard InChI is InChI=1S/C22H33F3N4O2S/c1-15-14-30-10-9-28(15)16-11-19(26-20(12-16)31-21(2,3)4)29-8-7-27(32-17-5-6-17)13-18(29)22(23,24)25/h11-12,15,17-18H,5-10,13-14H2,1-4H3/t15-,18?/m1/s1. The van der Waals surface area contributed by atoms with Crippen LogP contribution in [0.15, 0.2) is 12.1 Å². The zero-order valence-corrected chi connectivity index (χ0v) is 20.0. The SMILES string of the molecule is C[C@@H]1COCCN1c1cc(OC(C)(C)C)nc(N2CCN(SC3CC3)CC2C(F)(F)F)c1. The molecule has 1 aliphatic carbocycles. The van der Waals surface area contributed by atoms with E-state index in [1.54, 1.807) is 18.0 Å². The number of piperazine rings is 1. The molecule has 0 spiro atoms. The van der Waals surface area contributed by atoms with Gasteiger partial charge >= 0.3 is 6.18 Å². The Bertz CT molecular complexity index is 800. The van der Waals surface area contributed by atoms with Crippen LogP contribution in [0.1, 0.15) is 40.5 Å². The van der Waals surface area contributed by atoms with Crippen molar-refractivity contribution in [3.63, 3.8) is 0 Å². The molecule has 1 aromatic heterocycles. The third-order valence-corrected chi connectivity index (χ3v) is 7.12. The molecular weight excluding hydrogens is 441 g/mol. The van der Waals surface area contributed by atoms with Gasteiger partial charge in [0.05, 0.1) is 13.2 Å². The Morgan fingerprint density at radius 2 is 1.84 bits per heavy atom. The van der Waals surface area contributed by atoms with Crippen LogP contribution in [0.25, 0.3) is 0 Å². The highest BCUT2D eigenvalue weighted by Gasteiger charge is 2.48. The first-order chi connectivity index (χ1) is 15.0. The number of morpholine rings is 1. The first kappa shape index (κ1) is 23.8. The fourth-order valence-electron chi connectivity index (χ4n) is 4.06. The second kappa shape index (κ2) is 9.10. The minimum atomic E-state index is -4.35. The van der Waals surface area contributed by atoms with Gasteiger partial charge in [0.2, 0.25) is 5.88 Å². The number of rotatable bonds is 5. The topological polar surface area (TPSA) is 41.1 Å². The predicted octanol–water partition coefficient (Wildman–Crippen LogP) is 4.35. The lowest BCUT2D eigenvalue weighted by molar-refractivity contribution is -0.153. The third-order valence-electron chi connectivity index (χ3n) is 5.72.